The minimum Gasteiger partial charge on any atom is -0.454 e. The summed E-state index contributed by atoms with van der Waals surface area (Å²) in [5.74, 6) is 1.63. The van der Waals surface area contributed by atoms with Gasteiger partial charge in [0.15, 0.2) is 11.5 Å². The maximum atomic E-state index is 5.46. The van der Waals surface area contributed by atoms with Gasteiger partial charge in [0.1, 0.15) is 5.01 Å². The fourth-order valence-electron chi connectivity index (χ4n) is 3.71. The van der Waals surface area contributed by atoms with Crippen molar-refractivity contribution in [2.75, 3.05) is 19.9 Å². The van der Waals surface area contributed by atoms with Gasteiger partial charge in [-0.1, -0.05) is 0 Å². The summed E-state index contributed by atoms with van der Waals surface area (Å²) in [7, 11) is 0. The zero-order chi connectivity index (χ0) is 16.6. The fourth-order valence-corrected chi connectivity index (χ4v) is 4.52. The first-order valence-electron chi connectivity index (χ1n) is 9.17. The number of rotatable bonds is 5. The Kier molecular flexibility index (Phi) is 4.12. The Morgan fingerprint density at radius 2 is 1.96 bits per heavy atom. The first kappa shape index (κ1) is 15.6. The average Bonchev–Trinajstić information content (AvgIpc) is 3.20. The number of nitrogens with zero attached hydrogens (tertiary/aromatic N) is 2. The molecule has 0 amide bonds. The minimum absolute atomic E-state index is 0.311. The van der Waals surface area contributed by atoms with Crippen molar-refractivity contribution in [2.45, 2.75) is 44.3 Å². The molecule has 5 rings (SSSR count). The van der Waals surface area contributed by atoms with E-state index in [1.165, 1.54) is 38.8 Å². The van der Waals surface area contributed by atoms with Gasteiger partial charge in [0.05, 0.1) is 5.69 Å². The van der Waals surface area contributed by atoms with Crippen molar-refractivity contribution >= 4 is 11.3 Å². The molecule has 2 aromatic rings. The zero-order valence-corrected chi connectivity index (χ0v) is 15.1. The lowest BCUT2D eigenvalue weighted by atomic mass is 10.0. The van der Waals surface area contributed by atoms with Crippen molar-refractivity contribution in [3.8, 4) is 22.1 Å². The summed E-state index contributed by atoms with van der Waals surface area (Å²) in [4.78, 5) is 7.46. The average molecular weight is 357 g/mol. The van der Waals surface area contributed by atoms with Gasteiger partial charge in [-0.15, -0.1) is 11.3 Å². The van der Waals surface area contributed by atoms with Crippen LogP contribution in [0.25, 0.3) is 10.6 Å². The Morgan fingerprint density at radius 3 is 2.80 bits per heavy atom. The number of nitrogens with one attached hydrogen (secondary N) is 1. The Balaban J connectivity index is 1.17. The van der Waals surface area contributed by atoms with E-state index < -0.39 is 0 Å². The lowest BCUT2D eigenvalue weighted by molar-refractivity contribution is 0.174. The third-order valence-corrected chi connectivity index (χ3v) is 6.28. The van der Waals surface area contributed by atoms with Crippen LogP contribution in [0.4, 0.5) is 0 Å². The van der Waals surface area contributed by atoms with Crippen molar-refractivity contribution < 1.29 is 9.47 Å². The van der Waals surface area contributed by atoms with Gasteiger partial charge in [0.25, 0.3) is 0 Å². The standard InChI is InChI=1S/C19H23N3O2S/c1-4-17-18(24-12-23-17)9-13(1)19-21-15(11-25-19)10-20-14-5-7-22(8-6-14)16-2-3-16/h1,4,9,11,14,16,20H,2-3,5-8,10,12H2. The third-order valence-electron chi connectivity index (χ3n) is 5.34. The number of hydrogen-bond donors (Lipinski definition) is 1. The topological polar surface area (TPSA) is 46.6 Å². The highest BCUT2D eigenvalue weighted by Crippen LogP contribution is 2.36. The number of hydrogen-bond acceptors (Lipinski definition) is 6. The maximum Gasteiger partial charge on any atom is 0.231 e. The summed E-state index contributed by atoms with van der Waals surface area (Å²) in [6, 6.07) is 7.57. The molecule has 0 bridgehead atoms. The molecule has 0 radical (unpaired) electrons. The first-order valence-corrected chi connectivity index (χ1v) is 10.0. The van der Waals surface area contributed by atoms with Crippen LogP contribution in [0.3, 0.4) is 0 Å². The lowest BCUT2D eigenvalue weighted by Crippen LogP contribution is -2.43. The number of aromatic nitrogens is 1. The van der Waals surface area contributed by atoms with Crippen molar-refractivity contribution in [1.29, 1.82) is 0 Å². The van der Waals surface area contributed by atoms with E-state index >= 15 is 0 Å². The van der Waals surface area contributed by atoms with Crippen molar-refractivity contribution in [2.24, 2.45) is 0 Å². The SMILES string of the molecule is c1cc2c(cc1-c1nc(CNC3CCN(C4CC4)CC3)cs1)OCO2. The summed E-state index contributed by atoms with van der Waals surface area (Å²) < 4.78 is 10.8. The molecule has 1 saturated carbocycles. The summed E-state index contributed by atoms with van der Waals surface area (Å²) in [6.45, 7) is 3.67. The number of thiazole rings is 1. The monoisotopic (exact) mass is 357 g/mol. The predicted molar refractivity (Wildman–Crippen MR) is 98.1 cm³/mol. The first-order chi connectivity index (χ1) is 12.3. The summed E-state index contributed by atoms with van der Waals surface area (Å²) in [5, 5.41) is 6.90. The summed E-state index contributed by atoms with van der Waals surface area (Å²) in [5.41, 5.74) is 2.22. The van der Waals surface area contributed by atoms with E-state index in [0.29, 0.717) is 12.8 Å². The molecule has 3 heterocycles. The molecule has 1 aromatic heterocycles. The number of ether oxygens (including phenoxy) is 2. The number of fused-ring (bicyclic) bond motifs is 1. The van der Waals surface area contributed by atoms with Gasteiger partial charge in [-0.3, -0.25) is 0 Å². The van der Waals surface area contributed by atoms with E-state index in [4.69, 9.17) is 14.5 Å². The van der Waals surface area contributed by atoms with Crippen LogP contribution < -0.4 is 14.8 Å². The van der Waals surface area contributed by atoms with E-state index in [9.17, 15) is 0 Å². The largest absolute Gasteiger partial charge is 0.454 e. The number of likely N-dealkylation sites (tertiary alicyclic amines) is 1. The van der Waals surface area contributed by atoms with E-state index in [2.05, 4.69) is 21.7 Å². The second kappa shape index (κ2) is 6.59. The van der Waals surface area contributed by atoms with Crippen molar-refractivity contribution in [1.82, 2.24) is 15.2 Å². The predicted octanol–water partition coefficient (Wildman–Crippen LogP) is 3.26. The number of benzene rings is 1. The molecule has 3 aliphatic rings. The van der Waals surface area contributed by atoms with E-state index in [1.54, 1.807) is 11.3 Å². The third kappa shape index (κ3) is 3.38. The van der Waals surface area contributed by atoms with Crippen LogP contribution in [0.1, 0.15) is 31.4 Å². The quantitative estimate of drug-likeness (QED) is 0.890. The molecule has 1 aliphatic carbocycles. The van der Waals surface area contributed by atoms with Crippen LogP contribution >= 0.6 is 11.3 Å². The smallest absolute Gasteiger partial charge is 0.231 e. The molecule has 1 N–H and O–H groups in total. The highest BCUT2D eigenvalue weighted by molar-refractivity contribution is 7.13. The molecule has 0 unspecified atom stereocenters. The Morgan fingerprint density at radius 1 is 1.12 bits per heavy atom. The zero-order valence-electron chi connectivity index (χ0n) is 14.2. The molecule has 0 atom stereocenters. The second-order valence-corrected chi connectivity index (χ2v) is 7.99. The van der Waals surface area contributed by atoms with Crippen molar-refractivity contribution in [3.63, 3.8) is 0 Å². The normalized spacial score (nSPS) is 21.0. The van der Waals surface area contributed by atoms with E-state index in [0.717, 1.165) is 40.4 Å². The molecule has 2 fully saturated rings. The molecule has 0 spiro atoms. The molecule has 5 nitrogen and oxygen atoms in total. The van der Waals surface area contributed by atoms with Gasteiger partial charge in [0.2, 0.25) is 6.79 Å². The molecular formula is C19H23N3O2S. The molecule has 1 aromatic carbocycles. The molecule has 6 heteroatoms. The molecular weight excluding hydrogens is 334 g/mol. The van der Waals surface area contributed by atoms with Gasteiger partial charge < -0.3 is 19.7 Å². The molecule has 25 heavy (non-hydrogen) atoms. The van der Waals surface area contributed by atoms with Crippen molar-refractivity contribution in [3.05, 3.63) is 29.3 Å². The van der Waals surface area contributed by atoms with Crippen LogP contribution in [0.5, 0.6) is 11.5 Å². The van der Waals surface area contributed by atoms with Crippen LogP contribution in [-0.4, -0.2) is 41.9 Å². The van der Waals surface area contributed by atoms with Crippen LogP contribution in [0.2, 0.25) is 0 Å². The van der Waals surface area contributed by atoms with E-state index in [1.807, 2.05) is 12.1 Å². The van der Waals surface area contributed by atoms with Gasteiger partial charge in [-0.25, -0.2) is 4.98 Å². The maximum absolute atomic E-state index is 5.46. The van der Waals surface area contributed by atoms with Crippen LogP contribution in [-0.2, 0) is 6.54 Å². The molecule has 1 saturated heterocycles. The molecule has 2 aliphatic heterocycles. The fraction of sp³-hybridized carbons (Fsp3) is 0.526. The van der Waals surface area contributed by atoms with Gasteiger partial charge in [-0.05, 0) is 57.0 Å². The summed E-state index contributed by atoms with van der Waals surface area (Å²) in [6.07, 6.45) is 5.35. The number of piperidine rings is 1. The van der Waals surface area contributed by atoms with E-state index in [-0.39, 0.29) is 0 Å². The Labute approximate surface area is 152 Å². The highest BCUT2D eigenvalue weighted by Gasteiger charge is 2.31. The van der Waals surface area contributed by atoms with Crippen LogP contribution in [0.15, 0.2) is 23.6 Å². The minimum atomic E-state index is 0.311. The second-order valence-electron chi connectivity index (χ2n) is 7.13. The van der Waals surface area contributed by atoms with Gasteiger partial charge in [-0.2, -0.15) is 0 Å². The van der Waals surface area contributed by atoms with Crippen LogP contribution in [0, 0.1) is 0 Å². The van der Waals surface area contributed by atoms with Gasteiger partial charge in [0, 0.05) is 29.6 Å². The summed E-state index contributed by atoms with van der Waals surface area (Å²) >= 11 is 1.69. The molecule has 132 valence electrons. The Hall–Kier alpha value is -1.63. The Bertz CT molecular complexity index is 751. The lowest BCUT2D eigenvalue weighted by Gasteiger charge is -2.32. The van der Waals surface area contributed by atoms with Gasteiger partial charge >= 0.3 is 0 Å². The highest BCUT2D eigenvalue weighted by atomic mass is 32.1.